The molecule has 2 heteroatoms. The minimum Gasteiger partial charge on any atom is -0.346 e. The van der Waals surface area contributed by atoms with Crippen LogP contribution in [-0.4, -0.2) is 22.9 Å². The minimum absolute atomic E-state index is 1.08. The molecule has 0 saturated carbocycles. The molecule has 1 rings (SSSR count). The summed E-state index contributed by atoms with van der Waals surface area (Å²) in [5, 5.41) is 0. The molecule has 0 aromatic rings. The molecule has 0 spiro atoms. The lowest BCUT2D eigenvalue weighted by molar-refractivity contribution is 0.332. The van der Waals surface area contributed by atoms with E-state index >= 15 is 0 Å². The van der Waals surface area contributed by atoms with Gasteiger partial charge in [0.2, 0.25) is 6.67 Å². The van der Waals surface area contributed by atoms with Crippen molar-refractivity contribution < 1.29 is 0 Å². The third-order valence-electron chi connectivity index (χ3n) is 1.93. The van der Waals surface area contributed by atoms with Gasteiger partial charge in [-0.2, -0.15) is 0 Å². The maximum atomic E-state index is 3.32. The first kappa shape index (κ1) is 9.43. The molecule has 0 fully saturated rings. The molecule has 2 radical (unpaired) electrons. The van der Waals surface area contributed by atoms with Crippen molar-refractivity contribution in [3.05, 3.63) is 18.6 Å². The first-order valence-electron chi connectivity index (χ1n) is 4.76. The van der Waals surface area contributed by atoms with E-state index in [4.69, 9.17) is 0 Å². The third kappa shape index (κ3) is 2.16. The van der Waals surface area contributed by atoms with E-state index in [1.54, 1.807) is 0 Å². The number of hydrogen-bond donors (Lipinski definition) is 0. The predicted octanol–water partition coefficient (Wildman–Crippen LogP) is 2.28. The lowest BCUT2D eigenvalue weighted by atomic mass is 10.4. The lowest BCUT2D eigenvalue weighted by Gasteiger charge is -2.19. The summed E-state index contributed by atoms with van der Waals surface area (Å²) in [6.07, 6.45) is 4.52. The van der Waals surface area contributed by atoms with Crippen molar-refractivity contribution >= 4 is 0 Å². The Morgan fingerprint density at radius 3 is 2.50 bits per heavy atom. The molecule has 0 aromatic heterocycles. The van der Waals surface area contributed by atoms with Gasteiger partial charge in [-0.1, -0.05) is 13.8 Å². The monoisotopic (exact) mass is 166 g/mol. The Bertz CT molecular complexity index is 163. The van der Waals surface area contributed by atoms with Gasteiger partial charge in [-0.3, -0.25) is 0 Å². The highest BCUT2D eigenvalue weighted by atomic mass is 15.3. The normalized spacial score (nSPS) is 17.1. The van der Waals surface area contributed by atoms with Crippen molar-refractivity contribution in [1.82, 2.24) is 9.80 Å². The Kier molecular flexibility index (Phi) is 3.45. The van der Waals surface area contributed by atoms with Crippen LogP contribution in [0.2, 0.25) is 0 Å². The second kappa shape index (κ2) is 4.39. The van der Waals surface area contributed by atoms with Gasteiger partial charge in [0.25, 0.3) is 0 Å². The molecule has 1 aliphatic heterocycles. The van der Waals surface area contributed by atoms with Gasteiger partial charge in [-0.15, -0.1) is 0 Å². The van der Waals surface area contributed by atoms with E-state index in [9.17, 15) is 0 Å². The molecule has 12 heavy (non-hydrogen) atoms. The number of allylic oxidation sites excluding steroid dienone is 1. The van der Waals surface area contributed by atoms with E-state index in [-0.39, 0.29) is 0 Å². The van der Waals surface area contributed by atoms with Gasteiger partial charge in [0.1, 0.15) is 0 Å². The molecule has 0 unspecified atom stereocenters. The van der Waals surface area contributed by atoms with E-state index < -0.39 is 0 Å². The molecule has 0 saturated heterocycles. The molecule has 0 amide bonds. The molecule has 0 N–H and O–H groups in total. The topological polar surface area (TPSA) is 6.48 Å². The van der Waals surface area contributed by atoms with Crippen LogP contribution in [0.15, 0.2) is 11.9 Å². The van der Waals surface area contributed by atoms with Crippen LogP contribution in [0.3, 0.4) is 0 Å². The Morgan fingerprint density at radius 2 is 1.92 bits per heavy atom. The molecule has 0 atom stereocenters. The second-order valence-electron chi connectivity index (χ2n) is 3.22. The van der Waals surface area contributed by atoms with Crippen LogP contribution in [0.5, 0.6) is 0 Å². The number of nitrogens with zero attached hydrogens (tertiary/aromatic N) is 2. The highest BCUT2D eigenvalue weighted by molar-refractivity contribution is 5.07. The van der Waals surface area contributed by atoms with Gasteiger partial charge >= 0.3 is 0 Å². The average Bonchev–Trinajstić information content (AvgIpc) is 2.34. The molecule has 0 aromatic carbocycles. The van der Waals surface area contributed by atoms with Gasteiger partial charge in [0.05, 0.1) is 0 Å². The second-order valence-corrected chi connectivity index (χ2v) is 3.22. The molecular formula is C10H18N2. The van der Waals surface area contributed by atoms with E-state index in [0.717, 1.165) is 13.1 Å². The van der Waals surface area contributed by atoms with E-state index in [1.165, 1.54) is 18.5 Å². The highest BCUT2D eigenvalue weighted by Gasteiger charge is 2.17. The summed E-state index contributed by atoms with van der Waals surface area (Å²) in [4.78, 5) is 4.33. The number of hydrogen-bond acceptors (Lipinski definition) is 2. The Labute approximate surface area is 75.8 Å². The number of rotatable bonds is 4. The zero-order valence-corrected chi connectivity index (χ0v) is 8.30. The van der Waals surface area contributed by atoms with Gasteiger partial charge in [-0.05, 0) is 19.8 Å². The maximum absolute atomic E-state index is 3.32. The van der Waals surface area contributed by atoms with Gasteiger partial charge in [0, 0.05) is 25.0 Å². The van der Waals surface area contributed by atoms with Crippen LogP contribution in [0.4, 0.5) is 0 Å². The van der Waals surface area contributed by atoms with Crippen molar-refractivity contribution in [3.63, 3.8) is 0 Å². The molecular weight excluding hydrogens is 148 g/mol. The van der Waals surface area contributed by atoms with Crippen molar-refractivity contribution in [2.75, 3.05) is 13.1 Å². The molecule has 0 aliphatic carbocycles. The summed E-state index contributed by atoms with van der Waals surface area (Å²) in [5.74, 6) is 0. The predicted molar refractivity (Wildman–Crippen MR) is 51.0 cm³/mol. The van der Waals surface area contributed by atoms with E-state index in [1.807, 2.05) is 0 Å². The largest absolute Gasteiger partial charge is 0.346 e. The fourth-order valence-electron chi connectivity index (χ4n) is 1.36. The zero-order valence-electron chi connectivity index (χ0n) is 8.30. The quantitative estimate of drug-likeness (QED) is 0.632. The van der Waals surface area contributed by atoms with Crippen LogP contribution in [0.1, 0.15) is 33.6 Å². The molecule has 2 nitrogen and oxygen atoms in total. The van der Waals surface area contributed by atoms with Crippen molar-refractivity contribution in [2.24, 2.45) is 0 Å². The molecule has 1 heterocycles. The lowest BCUT2D eigenvalue weighted by Crippen LogP contribution is -2.21. The first-order valence-corrected chi connectivity index (χ1v) is 4.76. The molecule has 68 valence electrons. The Balaban J connectivity index is 2.38. The maximum Gasteiger partial charge on any atom is 0.208 e. The zero-order chi connectivity index (χ0) is 8.97. The van der Waals surface area contributed by atoms with Crippen LogP contribution >= 0.6 is 0 Å². The van der Waals surface area contributed by atoms with Gasteiger partial charge < -0.3 is 9.80 Å². The summed E-state index contributed by atoms with van der Waals surface area (Å²) < 4.78 is 0. The average molecular weight is 166 g/mol. The van der Waals surface area contributed by atoms with Crippen molar-refractivity contribution in [1.29, 1.82) is 0 Å². The third-order valence-corrected chi connectivity index (χ3v) is 1.93. The van der Waals surface area contributed by atoms with Gasteiger partial charge in [-0.25, -0.2) is 0 Å². The highest BCUT2D eigenvalue weighted by Crippen LogP contribution is 2.18. The minimum atomic E-state index is 1.08. The van der Waals surface area contributed by atoms with Crippen LogP contribution < -0.4 is 0 Å². The van der Waals surface area contributed by atoms with Gasteiger partial charge in [0.15, 0.2) is 0 Å². The SMILES string of the molecule is CCCN1[C]N(CCC)C(C)=C1. The summed E-state index contributed by atoms with van der Waals surface area (Å²) >= 11 is 0. The Morgan fingerprint density at radius 1 is 1.25 bits per heavy atom. The summed E-state index contributed by atoms with van der Waals surface area (Å²) in [5.41, 5.74) is 1.31. The molecule has 0 bridgehead atoms. The van der Waals surface area contributed by atoms with Crippen molar-refractivity contribution in [2.45, 2.75) is 33.6 Å². The first-order chi connectivity index (χ1) is 5.77. The summed E-state index contributed by atoms with van der Waals surface area (Å²) in [7, 11) is 0. The standard InChI is InChI=1S/C10H18N2/c1-4-6-11-8-10(3)12(9-11)7-5-2/h8H,4-7H2,1-3H3. The fourth-order valence-corrected chi connectivity index (χ4v) is 1.36. The van der Waals surface area contributed by atoms with E-state index in [2.05, 4.69) is 43.4 Å². The van der Waals surface area contributed by atoms with Crippen LogP contribution in [0.25, 0.3) is 0 Å². The van der Waals surface area contributed by atoms with Crippen LogP contribution in [-0.2, 0) is 0 Å². The summed E-state index contributed by atoms with van der Waals surface area (Å²) in [6.45, 7) is 12.0. The molecule has 1 aliphatic rings. The summed E-state index contributed by atoms with van der Waals surface area (Å²) in [6, 6.07) is 0. The van der Waals surface area contributed by atoms with Crippen LogP contribution in [0, 0.1) is 6.67 Å². The smallest absolute Gasteiger partial charge is 0.208 e. The fraction of sp³-hybridized carbons (Fsp3) is 0.700. The van der Waals surface area contributed by atoms with Crippen molar-refractivity contribution in [3.8, 4) is 0 Å². The van der Waals surface area contributed by atoms with E-state index in [0.29, 0.717) is 0 Å². The Hall–Kier alpha value is -0.660.